The van der Waals surface area contributed by atoms with Crippen LogP contribution in [-0.4, -0.2) is 0 Å². The lowest BCUT2D eigenvalue weighted by atomic mass is 10.1. The van der Waals surface area contributed by atoms with E-state index in [-0.39, 0.29) is 0 Å². The van der Waals surface area contributed by atoms with Crippen molar-refractivity contribution in [3.8, 4) is 21.6 Å². The van der Waals surface area contributed by atoms with Gasteiger partial charge in [0, 0.05) is 25.0 Å². The van der Waals surface area contributed by atoms with E-state index in [2.05, 4.69) is 11.4 Å². The molecule has 0 aliphatic carbocycles. The first-order chi connectivity index (χ1) is 10.0. The maximum Gasteiger partial charge on any atom is 0.0427 e. The van der Waals surface area contributed by atoms with Crippen molar-refractivity contribution >= 4 is 57.7 Å². The Balaban J connectivity index is 2.03. The highest BCUT2D eigenvalue weighted by Crippen LogP contribution is 2.36. The second kappa shape index (κ2) is 6.20. The summed E-state index contributed by atoms with van der Waals surface area (Å²) in [5.41, 5.74) is 3.05. The maximum absolute atomic E-state index is 6.05. The summed E-state index contributed by atoms with van der Waals surface area (Å²) in [4.78, 5) is 1.09. The smallest absolute Gasteiger partial charge is 0.0427 e. The van der Waals surface area contributed by atoms with Gasteiger partial charge < -0.3 is 0 Å². The van der Waals surface area contributed by atoms with Crippen molar-refractivity contribution in [2.75, 3.05) is 0 Å². The normalized spacial score (nSPS) is 10.9. The van der Waals surface area contributed by atoms with Crippen LogP contribution in [-0.2, 0) is 0 Å². The predicted octanol–water partition coefficient (Wildman–Crippen LogP) is 7.70. The van der Waals surface area contributed by atoms with Crippen LogP contribution in [0.1, 0.15) is 0 Å². The Morgan fingerprint density at radius 2 is 1.00 bits per heavy atom. The Hall–Kier alpha value is -0.700. The lowest BCUT2D eigenvalue weighted by Gasteiger charge is -2.01. The third-order valence-electron chi connectivity index (χ3n) is 2.94. The lowest BCUT2D eigenvalue weighted by molar-refractivity contribution is 1.66. The lowest BCUT2D eigenvalue weighted by Crippen LogP contribution is -1.76. The number of hydrogen-bond donors (Lipinski definition) is 0. The van der Waals surface area contributed by atoms with Crippen molar-refractivity contribution in [3.05, 3.63) is 67.9 Å². The van der Waals surface area contributed by atoms with Gasteiger partial charge in [-0.1, -0.05) is 46.4 Å². The molecule has 1 aromatic heterocycles. The molecule has 21 heavy (non-hydrogen) atoms. The van der Waals surface area contributed by atoms with Gasteiger partial charge in [-0.15, -0.1) is 11.3 Å². The van der Waals surface area contributed by atoms with E-state index in [4.69, 9.17) is 46.4 Å². The molecule has 0 nitrogen and oxygen atoms in total. The summed E-state index contributed by atoms with van der Waals surface area (Å²) in [6.45, 7) is 0. The molecule has 0 fully saturated rings. The first kappa shape index (κ1) is 15.2. The van der Waals surface area contributed by atoms with Crippen LogP contribution >= 0.6 is 57.7 Å². The largest absolute Gasteiger partial charge is 0.143 e. The van der Waals surface area contributed by atoms with Gasteiger partial charge in [-0.2, -0.15) is 0 Å². The number of halogens is 4. The number of thiophene rings is 1. The number of rotatable bonds is 2. The van der Waals surface area contributed by atoms with E-state index >= 15 is 0 Å². The van der Waals surface area contributed by atoms with Gasteiger partial charge in [0.25, 0.3) is 0 Å². The Labute approximate surface area is 146 Å². The molecule has 3 aromatic rings. The summed E-state index contributed by atoms with van der Waals surface area (Å²) in [5.74, 6) is 0. The zero-order valence-corrected chi connectivity index (χ0v) is 14.4. The van der Waals surface area contributed by atoms with Crippen LogP contribution in [0, 0.1) is 0 Å². The Morgan fingerprint density at radius 1 is 0.524 bits per heavy atom. The molecule has 0 aliphatic rings. The van der Waals surface area contributed by atoms with E-state index in [9.17, 15) is 0 Å². The van der Waals surface area contributed by atoms with Crippen LogP contribution in [0.15, 0.2) is 47.8 Å². The van der Waals surface area contributed by atoms with Gasteiger partial charge in [0.15, 0.2) is 0 Å². The van der Waals surface area contributed by atoms with E-state index in [1.807, 2.05) is 24.3 Å². The monoisotopic (exact) mass is 372 g/mol. The first-order valence-corrected chi connectivity index (χ1v) is 8.42. The molecule has 2 aromatic carbocycles. The van der Waals surface area contributed by atoms with Crippen LogP contribution in [0.5, 0.6) is 0 Å². The van der Waals surface area contributed by atoms with Gasteiger partial charge in [-0.05, 0) is 64.5 Å². The third-order valence-corrected chi connectivity index (χ3v) is 4.79. The second-order valence-electron chi connectivity index (χ2n) is 4.52. The fraction of sp³-hybridized carbons (Fsp3) is 0. The first-order valence-electron chi connectivity index (χ1n) is 6.03. The predicted molar refractivity (Wildman–Crippen MR) is 95.2 cm³/mol. The summed E-state index contributed by atoms with van der Waals surface area (Å²) in [5, 5.41) is 4.55. The minimum atomic E-state index is 0.621. The van der Waals surface area contributed by atoms with Gasteiger partial charge >= 0.3 is 0 Å². The Kier molecular flexibility index (Phi) is 4.49. The Morgan fingerprint density at radius 3 is 1.52 bits per heavy atom. The molecule has 106 valence electrons. The molecule has 0 radical (unpaired) electrons. The molecular formula is C16H8Cl4S. The van der Waals surface area contributed by atoms with Crippen LogP contribution in [0.4, 0.5) is 0 Å². The Bertz CT molecular complexity index is 701. The molecule has 0 N–H and O–H groups in total. The second-order valence-corrected chi connectivity index (χ2v) is 7.17. The highest BCUT2D eigenvalue weighted by atomic mass is 35.5. The number of hydrogen-bond acceptors (Lipinski definition) is 1. The van der Waals surface area contributed by atoms with Gasteiger partial charge in [0.2, 0.25) is 0 Å². The molecule has 3 rings (SSSR count). The summed E-state index contributed by atoms with van der Waals surface area (Å²) >= 11 is 25.8. The van der Waals surface area contributed by atoms with Crippen molar-refractivity contribution in [2.45, 2.75) is 0 Å². The minimum Gasteiger partial charge on any atom is -0.143 e. The highest BCUT2D eigenvalue weighted by molar-refractivity contribution is 7.14. The standard InChI is InChI=1S/C16H8Cl4S/c17-12-1-9(2-13(18)6-12)11-5-16(21-8-11)10-3-14(19)7-15(20)4-10/h1-8H. The van der Waals surface area contributed by atoms with Crippen LogP contribution in [0.2, 0.25) is 20.1 Å². The molecule has 0 amide bonds. The summed E-state index contributed by atoms with van der Waals surface area (Å²) in [7, 11) is 0. The average Bonchev–Trinajstić information content (AvgIpc) is 2.85. The van der Waals surface area contributed by atoms with Crippen LogP contribution in [0.25, 0.3) is 21.6 Å². The zero-order valence-electron chi connectivity index (χ0n) is 10.5. The minimum absolute atomic E-state index is 0.621. The van der Waals surface area contributed by atoms with Crippen molar-refractivity contribution in [2.24, 2.45) is 0 Å². The summed E-state index contributed by atoms with van der Waals surface area (Å²) in [6, 6.07) is 13.1. The molecule has 0 spiro atoms. The summed E-state index contributed by atoms with van der Waals surface area (Å²) in [6.07, 6.45) is 0. The molecular weight excluding hydrogens is 366 g/mol. The fourth-order valence-electron chi connectivity index (χ4n) is 2.06. The zero-order chi connectivity index (χ0) is 15.0. The highest BCUT2D eigenvalue weighted by Gasteiger charge is 2.08. The fourth-order valence-corrected chi connectivity index (χ4v) is 4.01. The quantitative estimate of drug-likeness (QED) is 0.431. The maximum atomic E-state index is 6.05. The average molecular weight is 374 g/mol. The van der Waals surface area contributed by atoms with E-state index in [0.717, 1.165) is 21.6 Å². The van der Waals surface area contributed by atoms with Crippen molar-refractivity contribution in [3.63, 3.8) is 0 Å². The molecule has 0 bridgehead atoms. The van der Waals surface area contributed by atoms with Gasteiger partial charge in [-0.3, -0.25) is 0 Å². The van der Waals surface area contributed by atoms with E-state index < -0.39 is 0 Å². The molecule has 0 atom stereocenters. The molecule has 0 saturated carbocycles. The van der Waals surface area contributed by atoms with Gasteiger partial charge in [-0.25, -0.2) is 0 Å². The van der Waals surface area contributed by atoms with Gasteiger partial charge in [0.1, 0.15) is 0 Å². The van der Waals surface area contributed by atoms with E-state index in [1.165, 1.54) is 0 Å². The van der Waals surface area contributed by atoms with Gasteiger partial charge in [0.05, 0.1) is 0 Å². The van der Waals surface area contributed by atoms with E-state index in [0.29, 0.717) is 20.1 Å². The molecule has 0 aliphatic heterocycles. The molecule has 1 heterocycles. The van der Waals surface area contributed by atoms with Crippen molar-refractivity contribution < 1.29 is 0 Å². The van der Waals surface area contributed by atoms with Crippen molar-refractivity contribution in [1.29, 1.82) is 0 Å². The van der Waals surface area contributed by atoms with Crippen LogP contribution in [0.3, 0.4) is 0 Å². The number of benzene rings is 2. The molecule has 5 heteroatoms. The summed E-state index contributed by atoms with van der Waals surface area (Å²) < 4.78 is 0. The van der Waals surface area contributed by atoms with E-state index in [1.54, 1.807) is 23.5 Å². The third kappa shape index (κ3) is 3.56. The van der Waals surface area contributed by atoms with Crippen LogP contribution < -0.4 is 0 Å². The molecule has 0 saturated heterocycles. The topological polar surface area (TPSA) is 0 Å². The van der Waals surface area contributed by atoms with Crippen molar-refractivity contribution in [1.82, 2.24) is 0 Å². The molecule has 0 unspecified atom stereocenters. The SMILES string of the molecule is Clc1cc(Cl)cc(-c2csc(-c3cc(Cl)cc(Cl)c3)c2)c1.